The number of aromatic nitrogens is 5. The van der Waals surface area contributed by atoms with Crippen LogP contribution in [-0.4, -0.2) is 36.5 Å². The number of rotatable bonds is 6. The number of hydrogen-bond acceptors (Lipinski definition) is 6. The molecule has 1 N–H and O–H groups in total. The summed E-state index contributed by atoms with van der Waals surface area (Å²) in [5.41, 5.74) is 4.38. The SMILES string of the molecule is Cc1ccc(CNC(=O)CSc2nnc3ccc(-c4ccccn4)nn23)cc1. The lowest BCUT2D eigenvalue weighted by Crippen LogP contribution is -2.24. The molecule has 1 amide bonds. The van der Waals surface area contributed by atoms with Gasteiger partial charge in [-0.15, -0.1) is 10.2 Å². The van der Waals surface area contributed by atoms with Crippen molar-refractivity contribution >= 4 is 23.3 Å². The Kier molecular flexibility index (Phi) is 5.29. The Morgan fingerprint density at radius 1 is 1.04 bits per heavy atom. The van der Waals surface area contributed by atoms with E-state index in [9.17, 15) is 4.79 Å². The number of carbonyl (C=O) groups is 1. The molecule has 0 unspecified atom stereocenters. The van der Waals surface area contributed by atoms with E-state index < -0.39 is 0 Å². The molecule has 0 radical (unpaired) electrons. The van der Waals surface area contributed by atoms with E-state index in [4.69, 9.17) is 0 Å². The first-order chi connectivity index (χ1) is 13.7. The van der Waals surface area contributed by atoms with Crippen LogP contribution in [0.1, 0.15) is 11.1 Å². The molecule has 0 aliphatic carbocycles. The summed E-state index contributed by atoms with van der Waals surface area (Å²) in [6.45, 7) is 2.54. The van der Waals surface area contributed by atoms with Gasteiger partial charge in [0.1, 0.15) is 5.69 Å². The number of benzene rings is 1. The standard InChI is InChI=1S/C20H18N6OS/c1-14-5-7-15(8-6-14)12-22-19(27)13-28-20-24-23-18-10-9-17(25-26(18)20)16-4-2-3-11-21-16/h2-11H,12-13H2,1H3,(H,22,27). The molecule has 8 heteroatoms. The van der Waals surface area contributed by atoms with Crippen LogP contribution in [0.15, 0.2) is 66.0 Å². The van der Waals surface area contributed by atoms with Gasteiger partial charge in [0.25, 0.3) is 0 Å². The van der Waals surface area contributed by atoms with Crippen molar-refractivity contribution in [3.05, 3.63) is 71.9 Å². The molecule has 7 nitrogen and oxygen atoms in total. The minimum absolute atomic E-state index is 0.0665. The summed E-state index contributed by atoms with van der Waals surface area (Å²) in [4.78, 5) is 16.5. The minimum atomic E-state index is -0.0665. The summed E-state index contributed by atoms with van der Waals surface area (Å²) >= 11 is 1.30. The van der Waals surface area contributed by atoms with Gasteiger partial charge in [0.05, 0.1) is 11.4 Å². The summed E-state index contributed by atoms with van der Waals surface area (Å²) in [7, 11) is 0. The zero-order chi connectivity index (χ0) is 19.3. The fourth-order valence-electron chi connectivity index (χ4n) is 2.60. The number of pyridine rings is 1. The normalized spacial score (nSPS) is 10.9. The Morgan fingerprint density at radius 3 is 2.68 bits per heavy atom. The Labute approximate surface area is 166 Å². The molecule has 3 heterocycles. The van der Waals surface area contributed by atoms with Gasteiger partial charge in [-0.05, 0) is 36.8 Å². The summed E-state index contributed by atoms with van der Waals surface area (Å²) < 4.78 is 1.64. The highest BCUT2D eigenvalue weighted by Gasteiger charge is 2.12. The first kappa shape index (κ1) is 18.1. The maximum atomic E-state index is 12.2. The second kappa shape index (κ2) is 8.18. The first-order valence-electron chi connectivity index (χ1n) is 8.78. The van der Waals surface area contributed by atoms with Gasteiger partial charge in [0.2, 0.25) is 11.1 Å². The van der Waals surface area contributed by atoms with Gasteiger partial charge < -0.3 is 5.32 Å². The molecular weight excluding hydrogens is 372 g/mol. The Morgan fingerprint density at radius 2 is 1.89 bits per heavy atom. The van der Waals surface area contributed by atoms with Gasteiger partial charge in [-0.3, -0.25) is 9.78 Å². The van der Waals surface area contributed by atoms with E-state index in [2.05, 4.69) is 25.6 Å². The van der Waals surface area contributed by atoms with E-state index in [-0.39, 0.29) is 11.7 Å². The van der Waals surface area contributed by atoms with Gasteiger partial charge >= 0.3 is 0 Å². The van der Waals surface area contributed by atoms with Crippen LogP contribution in [0, 0.1) is 6.92 Å². The maximum Gasteiger partial charge on any atom is 0.230 e. The molecular formula is C20H18N6OS. The number of nitrogens with one attached hydrogen (secondary N) is 1. The monoisotopic (exact) mass is 390 g/mol. The second-order valence-electron chi connectivity index (χ2n) is 6.24. The van der Waals surface area contributed by atoms with Crippen molar-refractivity contribution in [1.29, 1.82) is 0 Å². The van der Waals surface area contributed by atoms with Crippen LogP contribution in [0.4, 0.5) is 0 Å². The Bertz CT molecular complexity index is 1090. The molecule has 0 aliphatic heterocycles. The lowest BCUT2D eigenvalue weighted by molar-refractivity contribution is -0.118. The van der Waals surface area contributed by atoms with Crippen molar-refractivity contribution in [2.75, 3.05) is 5.75 Å². The van der Waals surface area contributed by atoms with Crippen LogP contribution in [0.25, 0.3) is 17.0 Å². The lowest BCUT2D eigenvalue weighted by Gasteiger charge is -2.05. The van der Waals surface area contributed by atoms with Crippen molar-refractivity contribution in [1.82, 2.24) is 30.1 Å². The highest BCUT2D eigenvalue weighted by molar-refractivity contribution is 7.99. The van der Waals surface area contributed by atoms with Crippen LogP contribution >= 0.6 is 11.8 Å². The molecule has 0 bridgehead atoms. The quantitative estimate of drug-likeness (QED) is 0.510. The van der Waals surface area contributed by atoms with E-state index >= 15 is 0 Å². The van der Waals surface area contributed by atoms with E-state index in [0.29, 0.717) is 17.3 Å². The smallest absolute Gasteiger partial charge is 0.230 e. The molecule has 4 aromatic rings. The highest BCUT2D eigenvalue weighted by Crippen LogP contribution is 2.19. The first-order valence-corrected chi connectivity index (χ1v) is 9.76. The predicted molar refractivity (Wildman–Crippen MR) is 108 cm³/mol. The predicted octanol–water partition coefficient (Wildman–Crippen LogP) is 2.90. The van der Waals surface area contributed by atoms with Crippen molar-refractivity contribution in [2.24, 2.45) is 0 Å². The number of nitrogens with zero attached hydrogens (tertiary/aromatic N) is 5. The van der Waals surface area contributed by atoms with Crippen LogP contribution in [-0.2, 0) is 11.3 Å². The molecule has 0 saturated heterocycles. The number of hydrogen-bond donors (Lipinski definition) is 1. The van der Waals surface area contributed by atoms with Gasteiger partial charge in [-0.1, -0.05) is 47.7 Å². The fraction of sp³-hybridized carbons (Fsp3) is 0.150. The average molecular weight is 390 g/mol. The number of amides is 1. The highest BCUT2D eigenvalue weighted by atomic mass is 32.2. The third-order valence-electron chi connectivity index (χ3n) is 4.10. The topological polar surface area (TPSA) is 85.1 Å². The third kappa shape index (κ3) is 4.17. The maximum absolute atomic E-state index is 12.2. The zero-order valence-electron chi connectivity index (χ0n) is 15.2. The Balaban J connectivity index is 1.41. The van der Waals surface area contributed by atoms with Gasteiger partial charge in [0, 0.05) is 12.7 Å². The largest absolute Gasteiger partial charge is 0.351 e. The van der Waals surface area contributed by atoms with Gasteiger partial charge in [-0.2, -0.15) is 9.61 Å². The average Bonchev–Trinajstić information content (AvgIpc) is 3.15. The summed E-state index contributed by atoms with van der Waals surface area (Å²) in [6.07, 6.45) is 1.72. The fourth-order valence-corrected chi connectivity index (χ4v) is 3.32. The van der Waals surface area contributed by atoms with Crippen LogP contribution in [0.2, 0.25) is 0 Å². The van der Waals surface area contributed by atoms with Crippen molar-refractivity contribution in [3.8, 4) is 11.4 Å². The summed E-state index contributed by atoms with van der Waals surface area (Å²) in [5, 5.41) is 16.3. The molecule has 0 saturated carbocycles. The van der Waals surface area contributed by atoms with Crippen molar-refractivity contribution < 1.29 is 4.79 Å². The van der Waals surface area contributed by atoms with Gasteiger partial charge in [0.15, 0.2) is 5.65 Å². The molecule has 140 valence electrons. The van der Waals surface area contributed by atoms with Crippen LogP contribution < -0.4 is 5.32 Å². The van der Waals surface area contributed by atoms with Crippen LogP contribution in [0.3, 0.4) is 0 Å². The van der Waals surface area contributed by atoms with E-state index in [0.717, 1.165) is 17.0 Å². The molecule has 0 fully saturated rings. The van der Waals surface area contributed by atoms with Crippen LogP contribution in [0.5, 0.6) is 0 Å². The van der Waals surface area contributed by atoms with E-state index in [1.54, 1.807) is 10.7 Å². The Hall–Kier alpha value is -3.26. The molecule has 1 aromatic carbocycles. The number of thioether (sulfide) groups is 1. The number of aryl methyl sites for hydroxylation is 1. The van der Waals surface area contributed by atoms with Gasteiger partial charge in [-0.25, -0.2) is 0 Å². The van der Waals surface area contributed by atoms with Crippen molar-refractivity contribution in [3.63, 3.8) is 0 Å². The third-order valence-corrected chi connectivity index (χ3v) is 5.02. The van der Waals surface area contributed by atoms with E-state index in [1.165, 1.54) is 17.3 Å². The summed E-state index contributed by atoms with van der Waals surface area (Å²) in [5.74, 6) is 0.172. The molecule has 28 heavy (non-hydrogen) atoms. The number of fused-ring (bicyclic) bond motifs is 1. The van der Waals surface area contributed by atoms with Crippen molar-refractivity contribution in [2.45, 2.75) is 18.6 Å². The second-order valence-corrected chi connectivity index (χ2v) is 7.18. The molecule has 4 rings (SSSR count). The zero-order valence-corrected chi connectivity index (χ0v) is 16.1. The molecule has 0 spiro atoms. The molecule has 0 aliphatic rings. The minimum Gasteiger partial charge on any atom is -0.351 e. The van der Waals surface area contributed by atoms with E-state index in [1.807, 2.05) is 61.5 Å². The molecule has 0 atom stereocenters. The summed E-state index contributed by atoms with van der Waals surface area (Å²) in [6, 6.07) is 17.4. The molecule has 3 aromatic heterocycles. The lowest BCUT2D eigenvalue weighted by atomic mass is 10.1. The number of carbonyl (C=O) groups excluding carboxylic acids is 1.